The largest absolute Gasteiger partial charge is 0.465 e. The highest BCUT2D eigenvalue weighted by molar-refractivity contribution is 5.91. The first-order valence-electron chi connectivity index (χ1n) is 7.14. The molecule has 21 heavy (non-hydrogen) atoms. The van der Waals surface area contributed by atoms with E-state index in [9.17, 15) is 14.9 Å². The van der Waals surface area contributed by atoms with Gasteiger partial charge in [-0.3, -0.25) is 10.1 Å². The van der Waals surface area contributed by atoms with Crippen LogP contribution in [-0.2, 0) is 4.74 Å². The summed E-state index contributed by atoms with van der Waals surface area (Å²) in [6.45, 7) is 4.13. The van der Waals surface area contributed by atoms with E-state index >= 15 is 0 Å². The van der Waals surface area contributed by atoms with Crippen molar-refractivity contribution in [1.29, 1.82) is 0 Å². The molecule has 1 heterocycles. The van der Waals surface area contributed by atoms with Crippen LogP contribution < -0.4 is 4.90 Å². The zero-order valence-electron chi connectivity index (χ0n) is 12.5. The number of esters is 1. The second-order valence-corrected chi connectivity index (χ2v) is 5.35. The highest BCUT2D eigenvalue weighted by Crippen LogP contribution is 2.38. The van der Waals surface area contributed by atoms with E-state index in [0.29, 0.717) is 11.3 Å². The van der Waals surface area contributed by atoms with E-state index in [1.54, 1.807) is 6.07 Å². The predicted molar refractivity (Wildman–Crippen MR) is 79.7 cm³/mol. The molecule has 1 aliphatic heterocycles. The zero-order chi connectivity index (χ0) is 15.6. The number of hydrogen-bond donors (Lipinski definition) is 0. The molecule has 2 atom stereocenters. The van der Waals surface area contributed by atoms with Crippen LogP contribution in [0, 0.1) is 10.1 Å². The topological polar surface area (TPSA) is 72.7 Å². The van der Waals surface area contributed by atoms with Gasteiger partial charge < -0.3 is 9.64 Å². The molecule has 1 aromatic rings. The number of ether oxygens (including phenoxy) is 1. The van der Waals surface area contributed by atoms with Crippen LogP contribution in [0.2, 0.25) is 0 Å². The summed E-state index contributed by atoms with van der Waals surface area (Å²) in [4.78, 5) is 24.7. The van der Waals surface area contributed by atoms with Gasteiger partial charge in [-0.25, -0.2) is 4.79 Å². The standard InChI is InChI=1S/C15H20N2O4/c1-4-12-7-5-10(2)16(12)14-9-11(15(18)21-3)6-8-13(14)17(19)20/h6,8-10,12H,4-5,7H2,1-3H3. The maximum atomic E-state index is 11.7. The number of anilines is 1. The van der Waals surface area contributed by atoms with Crippen LogP contribution in [0.4, 0.5) is 11.4 Å². The maximum absolute atomic E-state index is 11.7. The molecule has 0 saturated carbocycles. The molecule has 1 aliphatic rings. The molecule has 6 heteroatoms. The Morgan fingerprint density at radius 2 is 2.19 bits per heavy atom. The first kappa shape index (κ1) is 15.3. The lowest BCUT2D eigenvalue weighted by molar-refractivity contribution is -0.384. The molecule has 1 fully saturated rings. The fraction of sp³-hybridized carbons (Fsp3) is 0.533. The molecule has 1 saturated heterocycles. The van der Waals surface area contributed by atoms with Crippen LogP contribution in [-0.4, -0.2) is 30.1 Å². The van der Waals surface area contributed by atoms with E-state index in [4.69, 9.17) is 4.74 Å². The Kier molecular flexibility index (Phi) is 4.45. The third-order valence-electron chi connectivity index (χ3n) is 4.13. The van der Waals surface area contributed by atoms with Gasteiger partial charge in [-0.2, -0.15) is 0 Å². The summed E-state index contributed by atoms with van der Waals surface area (Å²) in [7, 11) is 1.30. The fourth-order valence-electron chi connectivity index (χ4n) is 3.04. The molecular weight excluding hydrogens is 272 g/mol. The maximum Gasteiger partial charge on any atom is 0.337 e. The van der Waals surface area contributed by atoms with Crippen molar-refractivity contribution in [3.63, 3.8) is 0 Å². The number of nitrogens with zero attached hydrogens (tertiary/aromatic N) is 2. The molecule has 2 rings (SSSR count). The van der Waals surface area contributed by atoms with Crippen molar-refractivity contribution >= 4 is 17.3 Å². The number of carbonyl (C=O) groups excluding carboxylic acids is 1. The van der Waals surface area contributed by atoms with Crippen molar-refractivity contribution in [1.82, 2.24) is 0 Å². The fourth-order valence-corrected chi connectivity index (χ4v) is 3.04. The lowest BCUT2D eigenvalue weighted by Gasteiger charge is -2.30. The summed E-state index contributed by atoms with van der Waals surface area (Å²) in [5, 5.41) is 11.3. The molecule has 6 nitrogen and oxygen atoms in total. The Bertz CT molecular complexity index is 559. The molecule has 0 N–H and O–H groups in total. The van der Waals surface area contributed by atoms with Gasteiger partial charge in [0.25, 0.3) is 5.69 Å². The van der Waals surface area contributed by atoms with Gasteiger partial charge in [0.05, 0.1) is 17.6 Å². The van der Waals surface area contributed by atoms with Gasteiger partial charge >= 0.3 is 5.97 Å². The Labute approximate surface area is 123 Å². The van der Waals surface area contributed by atoms with Crippen molar-refractivity contribution in [2.75, 3.05) is 12.0 Å². The molecule has 1 aromatic carbocycles. The molecular formula is C15H20N2O4. The van der Waals surface area contributed by atoms with Gasteiger partial charge in [-0.1, -0.05) is 6.92 Å². The van der Waals surface area contributed by atoms with Crippen molar-refractivity contribution in [3.8, 4) is 0 Å². The molecule has 0 radical (unpaired) electrons. The Hall–Kier alpha value is -2.11. The monoisotopic (exact) mass is 292 g/mol. The third-order valence-corrected chi connectivity index (χ3v) is 4.13. The van der Waals surface area contributed by atoms with Crippen molar-refractivity contribution in [2.45, 2.75) is 45.2 Å². The Morgan fingerprint density at radius 1 is 1.48 bits per heavy atom. The van der Waals surface area contributed by atoms with Crippen LogP contribution >= 0.6 is 0 Å². The SMILES string of the molecule is CCC1CCC(C)N1c1cc(C(=O)OC)ccc1[N+](=O)[O-]. The minimum Gasteiger partial charge on any atom is -0.465 e. The lowest BCUT2D eigenvalue weighted by Crippen LogP contribution is -2.34. The molecule has 0 bridgehead atoms. The quantitative estimate of drug-likeness (QED) is 0.484. The number of methoxy groups -OCH3 is 1. The first-order valence-corrected chi connectivity index (χ1v) is 7.14. The summed E-state index contributed by atoms with van der Waals surface area (Å²) in [5.74, 6) is -0.481. The highest BCUT2D eigenvalue weighted by atomic mass is 16.6. The second-order valence-electron chi connectivity index (χ2n) is 5.35. The van der Waals surface area contributed by atoms with Gasteiger partial charge in [0.15, 0.2) is 0 Å². The highest BCUT2D eigenvalue weighted by Gasteiger charge is 2.34. The molecule has 0 aromatic heterocycles. The first-order chi connectivity index (χ1) is 9.99. The van der Waals surface area contributed by atoms with Crippen LogP contribution in [0.25, 0.3) is 0 Å². The Balaban J connectivity index is 2.52. The lowest BCUT2D eigenvalue weighted by atomic mass is 10.1. The number of carbonyl (C=O) groups is 1. The van der Waals surface area contributed by atoms with Gasteiger partial charge in [0, 0.05) is 18.2 Å². The summed E-state index contributed by atoms with van der Waals surface area (Å²) >= 11 is 0. The summed E-state index contributed by atoms with van der Waals surface area (Å²) in [5.41, 5.74) is 0.890. The summed E-state index contributed by atoms with van der Waals surface area (Å²) in [6, 6.07) is 4.90. The van der Waals surface area contributed by atoms with E-state index in [2.05, 4.69) is 18.7 Å². The van der Waals surface area contributed by atoms with Gasteiger partial charge in [0.1, 0.15) is 5.69 Å². The predicted octanol–water partition coefficient (Wildman–Crippen LogP) is 3.15. The summed E-state index contributed by atoms with van der Waals surface area (Å²) < 4.78 is 4.71. The van der Waals surface area contributed by atoms with E-state index in [1.807, 2.05) is 0 Å². The van der Waals surface area contributed by atoms with E-state index in [1.165, 1.54) is 19.2 Å². The van der Waals surface area contributed by atoms with Crippen molar-refractivity contribution < 1.29 is 14.5 Å². The van der Waals surface area contributed by atoms with Crippen LogP contribution in [0.15, 0.2) is 18.2 Å². The zero-order valence-corrected chi connectivity index (χ0v) is 12.5. The van der Waals surface area contributed by atoms with E-state index < -0.39 is 10.9 Å². The van der Waals surface area contributed by atoms with Gasteiger partial charge in [0.2, 0.25) is 0 Å². The third kappa shape index (κ3) is 2.84. The Morgan fingerprint density at radius 3 is 2.76 bits per heavy atom. The van der Waals surface area contributed by atoms with Crippen LogP contribution in [0.5, 0.6) is 0 Å². The number of nitro benzene ring substituents is 1. The van der Waals surface area contributed by atoms with Crippen LogP contribution in [0.3, 0.4) is 0 Å². The molecule has 0 aliphatic carbocycles. The molecule has 114 valence electrons. The van der Waals surface area contributed by atoms with E-state index in [-0.39, 0.29) is 17.8 Å². The number of benzene rings is 1. The normalized spacial score (nSPS) is 21.4. The summed E-state index contributed by atoms with van der Waals surface area (Å²) in [6.07, 6.45) is 2.93. The minimum atomic E-state index is -0.481. The number of nitro groups is 1. The molecule has 0 amide bonds. The van der Waals surface area contributed by atoms with Gasteiger partial charge in [-0.05, 0) is 38.3 Å². The average molecular weight is 292 g/mol. The van der Waals surface area contributed by atoms with Crippen molar-refractivity contribution in [2.24, 2.45) is 0 Å². The number of hydrogen-bond acceptors (Lipinski definition) is 5. The molecule has 0 spiro atoms. The molecule has 2 unspecified atom stereocenters. The second kappa shape index (κ2) is 6.11. The van der Waals surface area contributed by atoms with E-state index in [0.717, 1.165) is 19.3 Å². The average Bonchev–Trinajstić information content (AvgIpc) is 2.86. The van der Waals surface area contributed by atoms with Gasteiger partial charge in [-0.15, -0.1) is 0 Å². The minimum absolute atomic E-state index is 0.0369. The number of rotatable bonds is 4. The van der Waals surface area contributed by atoms with Crippen LogP contribution in [0.1, 0.15) is 43.5 Å². The van der Waals surface area contributed by atoms with Crippen molar-refractivity contribution in [3.05, 3.63) is 33.9 Å². The smallest absolute Gasteiger partial charge is 0.337 e.